The van der Waals surface area contributed by atoms with Crippen molar-refractivity contribution < 1.29 is 17.9 Å². The highest BCUT2D eigenvalue weighted by atomic mass is 79.9. The Hall–Kier alpha value is -1.90. The van der Waals surface area contributed by atoms with Crippen LogP contribution in [-0.2, 0) is 14.8 Å². The highest BCUT2D eigenvalue weighted by Gasteiger charge is 2.20. The molecule has 0 atom stereocenters. The highest BCUT2D eigenvalue weighted by Crippen LogP contribution is 2.26. The van der Waals surface area contributed by atoms with Crippen LogP contribution < -0.4 is 10.0 Å². The van der Waals surface area contributed by atoms with Crippen molar-refractivity contribution in [1.29, 1.82) is 0 Å². The number of carbonyl (C=O) groups is 1. The zero-order chi connectivity index (χ0) is 18.4. The number of para-hydroxylation sites is 1. The van der Waals surface area contributed by atoms with Gasteiger partial charge in [0.25, 0.3) is 15.9 Å². The minimum Gasteiger partial charge on any atom is -0.383 e. The summed E-state index contributed by atoms with van der Waals surface area (Å²) in [6, 6.07) is 11.4. The first-order valence-corrected chi connectivity index (χ1v) is 9.78. The lowest BCUT2D eigenvalue weighted by atomic mass is 10.2. The molecular weight excluding hydrogens is 408 g/mol. The number of ether oxygens (including phenoxy) is 1. The number of halogens is 1. The van der Waals surface area contributed by atoms with E-state index in [0.717, 1.165) is 5.56 Å². The number of methoxy groups -OCH3 is 1. The molecule has 0 heterocycles. The van der Waals surface area contributed by atoms with E-state index in [1.807, 2.05) is 6.92 Å². The Morgan fingerprint density at radius 3 is 2.60 bits per heavy atom. The van der Waals surface area contributed by atoms with Crippen molar-refractivity contribution >= 4 is 37.5 Å². The summed E-state index contributed by atoms with van der Waals surface area (Å²) in [6.45, 7) is 2.57. The number of rotatable bonds is 7. The molecule has 6 nitrogen and oxygen atoms in total. The van der Waals surface area contributed by atoms with Crippen LogP contribution in [0.3, 0.4) is 0 Å². The van der Waals surface area contributed by atoms with Gasteiger partial charge in [0.2, 0.25) is 0 Å². The minimum absolute atomic E-state index is 0.104. The van der Waals surface area contributed by atoms with Crippen molar-refractivity contribution in [3.8, 4) is 0 Å². The fourth-order valence-corrected chi connectivity index (χ4v) is 4.43. The molecule has 0 bridgehead atoms. The lowest BCUT2D eigenvalue weighted by molar-refractivity contribution is 0.0938. The van der Waals surface area contributed by atoms with Crippen LogP contribution in [0.15, 0.2) is 51.8 Å². The maximum absolute atomic E-state index is 12.7. The van der Waals surface area contributed by atoms with Gasteiger partial charge in [0, 0.05) is 18.1 Å². The topological polar surface area (TPSA) is 84.5 Å². The quantitative estimate of drug-likeness (QED) is 0.666. The van der Waals surface area contributed by atoms with E-state index in [1.165, 1.54) is 13.2 Å². The molecule has 0 aliphatic heterocycles. The molecule has 0 aromatic heterocycles. The van der Waals surface area contributed by atoms with Crippen LogP contribution in [0.2, 0.25) is 0 Å². The third kappa shape index (κ3) is 5.04. The van der Waals surface area contributed by atoms with Crippen molar-refractivity contribution in [3.63, 3.8) is 0 Å². The first-order valence-electron chi connectivity index (χ1n) is 7.50. The second-order valence-corrected chi connectivity index (χ2v) is 7.84. The van der Waals surface area contributed by atoms with Crippen molar-refractivity contribution in [1.82, 2.24) is 5.32 Å². The molecule has 0 saturated heterocycles. The van der Waals surface area contributed by atoms with E-state index in [9.17, 15) is 13.2 Å². The summed E-state index contributed by atoms with van der Waals surface area (Å²) in [5.74, 6) is -0.377. The number of benzene rings is 2. The van der Waals surface area contributed by atoms with E-state index in [4.69, 9.17) is 4.74 Å². The molecule has 2 aromatic carbocycles. The van der Waals surface area contributed by atoms with Gasteiger partial charge in [0.05, 0.1) is 17.9 Å². The van der Waals surface area contributed by atoms with Gasteiger partial charge in [-0.05, 0) is 52.7 Å². The molecule has 134 valence electrons. The Bertz CT molecular complexity index is 869. The lowest BCUT2D eigenvalue weighted by Gasteiger charge is -2.13. The minimum atomic E-state index is -3.84. The summed E-state index contributed by atoms with van der Waals surface area (Å²) < 4.78 is 33.2. The van der Waals surface area contributed by atoms with Crippen LogP contribution in [0, 0.1) is 6.92 Å². The van der Waals surface area contributed by atoms with E-state index in [1.54, 1.807) is 36.4 Å². The van der Waals surface area contributed by atoms with Crippen LogP contribution >= 0.6 is 15.9 Å². The Kier molecular flexibility index (Phi) is 6.57. The van der Waals surface area contributed by atoms with E-state index >= 15 is 0 Å². The van der Waals surface area contributed by atoms with Crippen LogP contribution in [0.5, 0.6) is 0 Å². The molecule has 1 amide bonds. The molecule has 0 aliphatic carbocycles. The maximum Gasteiger partial charge on any atom is 0.263 e. The monoisotopic (exact) mass is 426 g/mol. The van der Waals surface area contributed by atoms with Crippen LogP contribution in [0.4, 0.5) is 5.69 Å². The Morgan fingerprint density at radius 2 is 1.92 bits per heavy atom. The SMILES string of the molecule is COCCNC(=O)c1ccccc1NS(=O)(=O)c1ccc(C)cc1Br. The first kappa shape index (κ1) is 19.4. The molecule has 0 saturated carbocycles. The molecule has 0 fully saturated rings. The van der Waals surface area contributed by atoms with Crippen molar-refractivity contribution in [2.24, 2.45) is 0 Å². The number of hydrogen-bond acceptors (Lipinski definition) is 4. The Balaban J connectivity index is 2.29. The molecule has 2 rings (SSSR count). The average Bonchev–Trinajstić information content (AvgIpc) is 2.54. The van der Waals surface area contributed by atoms with Gasteiger partial charge in [-0.1, -0.05) is 18.2 Å². The maximum atomic E-state index is 12.7. The second-order valence-electron chi connectivity index (χ2n) is 5.33. The first-order chi connectivity index (χ1) is 11.8. The van der Waals surface area contributed by atoms with Crippen molar-refractivity contribution in [2.75, 3.05) is 25.0 Å². The zero-order valence-electron chi connectivity index (χ0n) is 13.9. The number of anilines is 1. The Labute approximate surface area is 155 Å². The van der Waals surface area contributed by atoms with Crippen molar-refractivity contribution in [3.05, 3.63) is 58.1 Å². The largest absolute Gasteiger partial charge is 0.383 e. The highest BCUT2D eigenvalue weighted by molar-refractivity contribution is 9.10. The summed E-state index contributed by atoms with van der Waals surface area (Å²) in [5.41, 5.74) is 1.39. The smallest absolute Gasteiger partial charge is 0.263 e. The van der Waals surface area contributed by atoms with E-state index in [-0.39, 0.29) is 22.1 Å². The molecule has 2 N–H and O–H groups in total. The van der Waals surface area contributed by atoms with Gasteiger partial charge >= 0.3 is 0 Å². The third-order valence-corrected chi connectivity index (χ3v) is 5.73. The third-order valence-electron chi connectivity index (χ3n) is 3.38. The number of nitrogens with one attached hydrogen (secondary N) is 2. The fraction of sp³-hybridized carbons (Fsp3) is 0.235. The standard InChI is InChI=1S/C17H19BrN2O4S/c1-12-7-8-16(14(18)11-12)25(22,23)20-15-6-4-3-5-13(15)17(21)19-9-10-24-2/h3-8,11,20H,9-10H2,1-2H3,(H,19,21). The van der Waals surface area contributed by atoms with Gasteiger partial charge in [-0.25, -0.2) is 8.42 Å². The fourth-order valence-electron chi connectivity index (χ4n) is 2.16. The van der Waals surface area contributed by atoms with Crippen molar-refractivity contribution in [2.45, 2.75) is 11.8 Å². The summed E-state index contributed by atoms with van der Waals surface area (Å²) >= 11 is 3.27. The molecule has 2 aromatic rings. The molecule has 0 radical (unpaired) electrons. The molecule has 0 aliphatic rings. The number of aryl methyl sites for hydroxylation is 1. The molecule has 25 heavy (non-hydrogen) atoms. The lowest BCUT2D eigenvalue weighted by Crippen LogP contribution is -2.28. The summed E-state index contributed by atoms with van der Waals surface area (Å²) in [7, 11) is -2.31. The summed E-state index contributed by atoms with van der Waals surface area (Å²) in [5, 5.41) is 2.68. The molecule has 8 heteroatoms. The predicted molar refractivity (Wildman–Crippen MR) is 100 cm³/mol. The zero-order valence-corrected chi connectivity index (χ0v) is 16.3. The van der Waals surface area contributed by atoms with E-state index < -0.39 is 10.0 Å². The predicted octanol–water partition coefficient (Wildman–Crippen LogP) is 2.93. The van der Waals surface area contributed by atoms with Crippen LogP contribution in [0.1, 0.15) is 15.9 Å². The van der Waals surface area contributed by atoms with Gasteiger partial charge < -0.3 is 10.1 Å². The molecular formula is C17H19BrN2O4S. The molecule has 0 spiro atoms. The molecule has 0 unspecified atom stereocenters. The Morgan fingerprint density at radius 1 is 1.20 bits per heavy atom. The van der Waals surface area contributed by atoms with Crippen LogP contribution in [0.25, 0.3) is 0 Å². The number of carbonyl (C=O) groups excluding carboxylic acids is 1. The van der Waals surface area contributed by atoms with E-state index in [2.05, 4.69) is 26.0 Å². The summed E-state index contributed by atoms with van der Waals surface area (Å²) in [6.07, 6.45) is 0. The number of hydrogen-bond donors (Lipinski definition) is 2. The second kappa shape index (κ2) is 8.46. The van der Waals surface area contributed by atoms with E-state index in [0.29, 0.717) is 17.6 Å². The summed E-state index contributed by atoms with van der Waals surface area (Å²) in [4.78, 5) is 12.4. The normalized spacial score (nSPS) is 11.2. The van der Waals surface area contributed by atoms with Gasteiger partial charge in [0.15, 0.2) is 0 Å². The average molecular weight is 427 g/mol. The van der Waals surface area contributed by atoms with Gasteiger partial charge in [-0.3, -0.25) is 9.52 Å². The van der Waals surface area contributed by atoms with Gasteiger partial charge in [0.1, 0.15) is 4.90 Å². The number of sulfonamides is 1. The van der Waals surface area contributed by atoms with Crippen LogP contribution in [-0.4, -0.2) is 34.6 Å². The number of amides is 1. The van der Waals surface area contributed by atoms with Gasteiger partial charge in [-0.15, -0.1) is 0 Å². The van der Waals surface area contributed by atoms with Gasteiger partial charge in [-0.2, -0.15) is 0 Å².